The van der Waals surface area contributed by atoms with E-state index >= 15 is 0 Å². The van der Waals surface area contributed by atoms with Gasteiger partial charge >= 0.3 is 0 Å². The zero-order valence-corrected chi connectivity index (χ0v) is 15.4. The second-order valence-electron chi connectivity index (χ2n) is 7.37. The molecule has 0 N–H and O–H groups in total. The predicted octanol–water partition coefficient (Wildman–Crippen LogP) is 3.89. The molecule has 4 nitrogen and oxygen atoms in total. The predicted molar refractivity (Wildman–Crippen MR) is 84.6 cm³/mol. The third-order valence-electron chi connectivity index (χ3n) is 4.62. The van der Waals surface area contributed by atoms with Crippen LogP contribution in [0.1, 0.15) is 52.9 Å². The van der Waals surface area contributed by atoms with Crippen molar-refractivity contribution in [2.75, 3.05) is 12.5 Å². The van der Waals surface area contributed by atoms with Crippen LogP contribution in [0.15, 0.2) is 0 Å². The summed E-state index contributed by atoms with van der Waals surface area (Å²) in [5.41, 5.74) is 0. The van der Waals surface area contributed by atoms with E-state index in [4.69, 9.17) is 8.61 Å². The highest BCUT2D eigenvalue weighted by atomic mass is 32.2. The summed E-state index contributed by atoms with van der Waals surface area (Å²) < 4.78 is 34.7. The average Bonchev–Trinajstić information content (AvgIpc) is 2.27. The van der Waals surface area contributed by atoms with Crippen LogP contribution in [0.5, 0.6) is 0 Å². The molecule has 1 aliphatic carbocycles. The minimum Gasteiger partial charge on any atom is -0.394 e. The first-order valence-electron chi connectivity index (χ1n) is 7.54. The maximum Gasteiger partial charge on any atom is 0.269 e. The van der Waals surface area contributed by atoms with Crippen molar-refractivity contribution in [2.24, 2.45) is 5.92 Å². The first-order chi connectivity index (χ1) is 9.04. The largest absolute Gasteiger partial charge is 0.394 e. The molecule has 120 valence electrons. The van der Waals surface area contributed by atoms with Crippen LogP contribution in [-0.4, -0.2) is 29.3 Å². The first kappa shape index (κ1) is 18.1. The van der Waals surface area contributed by atoms with Crippen molar-refractivity contribution in [3.63, 3.8) is 0 Å². The molecule has 0 bridgehead atoms. The number of rotatable bonds is 6. The summed E-state index contributed by atoms with van der Waals surface area (Å²) in [7, 11) is -5.40. The average molecular weight is 323 g/mol. The van der Waals surface area contributed by atoms with Crippen LogP contribution in [0, 0.1) is 5.92 Å². The molecule has 0 aromatic heterocycles. The van der Waals surface area contributed by atoms with Gasteiger partial charge in [-0.3, -0.25) is 0 Å². The summed E-state index contributed by atoms with van der Waals surface area (Å²) in [5.74, 6) is 0.412. The normalized spacial score (nSPS) is 19.2. The molecule has 0 aromatic carbocycles. The second-order valence-corrected chi connectivity index (χ2v) is 13.9. The zero-order valence-electron chi connectivity index (χ0n) is 13.6. The van der Waals surface area contributed by atoms with Gasteiger partial charge in [-0.25, -0.2) is 4.18 Å². The molecule has 1 rings (SSSR count). The van der Waals surface area contributed by atoms with Crippen molar-refractivity contribution in [1.82, 2.24) is 0 Å². The monoisotopic (exact) mass is 322 g/mol. The Hall–Kier alpha value is 0.0869. The Bertz CT molecular complexity index is 392. The molecule has 0 atom stereocenters. The number of hydrogen-bond donors (Lipinski definition) is 0. The highest BCUT2D eigenvalue weighted by molar-refractivity contribution is 7.86. The second kappa shape index (κ2) is 6.90. The van der Waals surface area contributed by atoms with Gasteiger partial charge in [0.2, 0.25) is 0 Å². The Morgan fingerprint density at radius 1 is 1.10 bits per heavy atom. The summed E-state index contributed by atoms with van der Waals surface area (Å²) in [5, 5.41) is 0.0590. The minimum absolute atomic E-state index is 0.0590. The molecule has 0 radical (unpaired) electrons. The molecule has 0 heterocycles. The van der Waals surface area contributed by atoms with E-state index in [1.807, 2.05) is 0 Å². The molecule has 0 aliphatic heterocycles. The third-order valence-corrected chi connectivity index (χ3v) is 10.4. The van der Waals surface area contributed by atoms with Gasteiger partial charge in [-0.1, -0.05) is 40.0 Å². The van der Waals surface area contributed by atoms with E-state index in [2.05, 4.69) is 33.9 Å². The maximum absolute atomic E-state index is 11.9. The molecule has 1 fully saturated rings. The molecule has 0 amide bonds. The zero-order chi connectivity index (χ0) is 15.4. The highest BCUT2D eigenvalue weighted by Crippen LogP contribution is 2.36. The lowest BCUT2D eigenvalue weighted by atomic mass is 9.91. The van der Waals surface area contributed by atoms with E-state index in [1.165, 1.54) is 6.42 Å². The van der Waals surface area contributed by atoms with Gasteiger partial charge in [0.1, 0.15) is 0 Å². The molecule has 0 unspecified atom stereocenters. The molecule has 0 saturated heterocycles. The fraction of sp³-hybridized carbons (Fsp3) is 1.00. The van der Waals surface area contributed by atoms with Crippen molar-refractivity contribution in [2.45, 2.75) is 71.0 Å². The van der Waals surface area contributed by atoms with Gasteiger partial charge in [0.15, 0.2) is 15.1 Å². The molecule has 1 aliphatic rings. The standard InChI is InChI=1S/C14H30O4SSi/c1-14(2,3)20(4,5)18-12-17-19(15,16)11-13-9-7-6-8-10-13/h13H,6-12H2,1-5H3. The van der Waals surface area contributed by atoms with Crippen LogP contribution in [0.3, 0.4) is 0 Å². The van der Waals surface area contributed by atoms with E-state index in [9.17, 15) is 8.42 Å². The van der Waals surface area contributed by atoms with Crippen molar-refractivity contribution in [1.29, 1.82) is 0 Å². The molecule has 6 heteroatoms. The quantitative estimate of drug-likeness (QED) is 0.423. The van der Waals surface area contributed by atoms with Crippen molar-refractivity contribution >= 4 is 18.4 Å². The SMILES string of the molecule is CC(C)(C)[Si](C)(C)OCOS(=O)(=O)CC1CCCCC1. The van der Waals surface area contributed by atoms with Gasteiger partial charge in [0, 0.05) is 0 Å². The Kier molecular flexibility index (Phi) is 6.26. The van der Waals surface area contributed by atoms with Crippen LogP contribution in [-0.2, 0) is 18.7 Å². The van der Waals surface area contributed by atoms with Gasteiger partial charge in [-0.05, 0) is 36.9 Å². The van der Waals surface area contributed by atoms with Crippen LogP contribution >= 0.6 is 0 Å². The van der Waals surface area contributed by atoms with Crippen molar-refractivity contribution < 1.29 is 17.0 Å². The van der Waals surface area contributed by atoms with Crippen LogP contribution in [0.25, 0.3) is 0 Å². The fourth-order valence-corrected chi connectivity index (χ4v) is 4.23. The summed E-state index contributed by atoms with van der Waals surface area (Å²) in [6, 6.07) is 0. The Morgan fingerprint density at radius 2 is 1.65 bits per heavy atom. The maximum atomic E-state index is 11.9. The Morgan fingerprint density at radius 3 is 2.15 bits per heavy atom. The van der Waals surface area contributed by atoms with E-state index < -0.39 is 18.4 Å². The Balaban J connectivity index is 2.40. The third kappa shape index (κ3) is 5.83. The van der Waals surface area contributed by atoms with Gasteiger partial charge in [0.25, 0.3) is 10.1 Å². The van der Waals surface area contributed by atoms with E-state index in [1.54, 1.807) is 0 Å². The van der Waals surface area contributed by atoms with E-state index in [-0.39, 0.29) is 23.5 Å². The Labute approximate surface area is 125 Å². The molecule has 1 saturated carbocycles. The van der Waals surface area contributed by atoms with Gasteiger partial charge < -0.3 is 4.43 Å². The van der Waals surface area contributed by atoms with E-state index in [0.717, 1.165) is 25.7 Å². The molecule has 20 heavy (non-hydrogen) atoms. The first-order valence-corrected chi connectivity index (χ1v) is 12.0. The smallest absolute Gasteiger partial charge is 0.269 e. The summed E-state index contributed by atoms with van der Waals surface area (Å²) in [6.45, 7) is 10.4. The van der Waals surface area contributed by atoms with Gasteiger partial charge in [-0.15, -0.1) is 0 Å². The summed E-state index contributed by atoms with van der Waals surface area (Å²) in [6.07, 6.45) is 5.52. The number of hydrogen-bond acceptors (Lipinski definition) is 4. The van der Waals surface area contributed by atoms with Crippen molar-refractivity contribution in [3.8, 4) is 0 Å². The van der Waals surface area contributed by atoms with Gasteiger partial charge in [-0.2, -0.15) is 8.42 Å². The molecule has 0 spiro atoms. The van der Waals surface area contributed by atoms with E-state index in [0.29, 0.717) is 0 Å². The minimum atomic E-state index is -3.45. The topological polar surface area (TPSA) is 52.6 Å². The molecular formula is C14H30O4SSi. The highest BCUT2D eigenvalue weighted by Gasteiger charge is 2.37. The van der Waals surface area contributed by atoms with Crippen LogP contribution in [0.2, 0.25) is 18.1 Å². The molecular weight excluding hydrogens is 292 g/mol. The summed E-state index contributed by atoms with van der Waals surface area (Å²) >= 11 is 0. The lowest BCUT2D eigenvalue weighted by Gasteiger charge is -2.35. The van der Waals surface area contributed by atoms with Crippen molar-refractivity contribution in [3.05, 3.63) is 0 Å². The summed E-state index contributed by atoms with van der Waals surface area (Å²) in [4.78, 5) is 0. The van der Waals surface area contributed by atoms with Crippen LogP contribution in [0.4, 0.5) is 0 Å². The lowest BCUT2D eigenvalue weighted by molar-refractivity contribution is 0.111. The fourth-order valence-electron chi connectivity index (χ4n) is 2.15. The lowest BCUT2D eigenvalue weighted by Crippen LogP contribution is -2.41. The van der Waals surface area contributed by atoms with Crippen LogP contribution < -0.4 is 0 Å². The molecule has 0 aromatic rings. The van der Waals surface area contributed by atoms with Gasteiger partial charge in [0.05, 0.1) is 5.75 Å².